The van der Waals surface area contributed by atoms with Crippen molar-refractivity contribution in [3.05, 3.63) is 139 Å². The number of benzene rings is 2. The molecule has 59 heavy (non-hydrogen) atoms. The topological polar surface area (TPSA) is 232 Å². The van der Waals surface area contributed by atoms with Crippen LogP contribution >= 0.6 is 0 Å². The SMILES string of the molecule is Cn1c(=O)c2c(ncn2CC(=O)Nc2ccc(-c3ncc(Cn4c(=O)c5c(ncn5CC(=O)Nc5ccc(C6(C)C=CNC=N6)cc5)n(C)c4=O)cn3)cc2)n(C)c1=O. The minimum absolute atomic E-state index is 0.0837. The number of imidazole rings is 2. The predicted octanol–water partition coefficient (Wildman–Crippen LogP) is 0.787. The van der Waals surface area contributed by atoms with Crippen LogP contribution < -0.4 is 38.4 Å². The molecular formula is C39H36N14O6. The van der Waals surface area contributed by atoms with Gasteiger partial charge < -0.3 is 25.1 Å². The molecule has 20 heteroatoms. The minimum atomic E-state index is -0.627. The van der Waals surface area contributed by atoms with Crippen LogP contribution in [0.25, 0.3) is 33.7 Å². The van der Waals surface area contributed by atoms with Gasteiger partial charge >= 0.3 is 11.4 Å². The van der Waals surface area contributed by atoms with Gasteiger partial charge in [0, 0.05) is 62.2 Å². The van der Waals surface area contributed by atoms with Crippen LogP contribution in [0.15, 0.2) is 110 Å². The molecule has 1 unspecified atom stereocenters. The van der Waals surface area contributed by atoms with Crippen LogP contribution in [-0.2, 0) is 55.9 Å². The Labute approximate surface area is 332 Å². The minimum Gasteiger partial charge on any atom is -0.353 e. The van der Waals surface area contributed by atoms with Crippen LogP contribution in [0.2, 0.25) is 0 Å². The van der Waals surface area contributed by atoms with Gasteiger partial charge in [0.05, 0.1) is 25.5 Å². The Morgan fingerprint density at radius 2 is 1.24 bits per heavy atom. The van der Waals surface area contributed by atoms with Gasteiger partial charge in [0.25, 0.3) is 11.1 Å². The molecule has 0 saturated carbocycles. The van der Waals surface area contributed by atoms with Gasteiger partial charge in [-0.3, -0.25) is 42.4 Å². The maximum atomic E-state index is 13.8. The number of anilines is 2. The van der Waals surface area contributed by atoms with E-state index in [9.17, 15) is 28.8 Å². The monoisotopic (exact) mass is 796 g/mol. The third kappa shape index (κ3) is 7.02. The Kier molecular flexibility index (Phi) is 9.50. The summed E-state index contributed by atoms with van der Waals surface area (Å²) >= 11 is 0. The molecule has 6 heterocycles. The van der Waals surface area contributed by atoms with E-state index < -0.39 is 39.9 Å². The number of hydrogen-bond acceptors (Lipinski definition) is 12. The molecule has 2 aromatic carbocycles. The highest BCUT2D eigenvalue weighted by Gasteiger charge is 2.24. The van der Waals surface area contributed by atoms with Gasteiger partial charge in [-0.25, -0.2) is 29.5 Å². The van der Waals surface area contributed by atoms with Crippen LogP contribution in [0.1, 0.15) is 18.1 Å². The molecule has 8 rings (SSSR count). The molecule has 0 fully saturated rings. The Balaban J connectivity index is 0.932. The standard InChI is InChI=1S/C39H36N14O6/c1-39(13-14-40-20-45-39)25-7-11-27(12-8-25)47-29(55)19-52-22-44-34-31(52)36(57)53(38(59)49(34)3)17-23-15-41-32(42-16-23)24-5-9-26(10-6-24)46-28(54)18-51-21-43-33-30(51)35(56)50(4)37(58)48(33)2/h5-16,20-22H,17-19H2,1-4H3,(H,40,45)(H,46,54)(H,47,55). The Bertz CT molecular complexity index is 3100. The van der Waals surface area contributed by atoms with Crippen molar-refractivity contribution >= 4 is 51.9 Å². The lowest BCUT2D eigenvalue weighted by Crippen LogP contribution is -2.40. The number of aryl methyl sites for hydroxylation is 2. The zero-order chi connectivity index (χ0) is 41.6. The summed E-state index contributed by atoms with van der Waals surface area (Å²) in [6.45, 7) is 1.39. The van der Waals surface area contributed by atoms with E-state index in [0.717, 1.165) is 14.7 Å². The van der Waals surface area contributed by atoms with E-state index in [-0.39, 0.29) is 42.0 Å². The van der Waals surface area contributed by atoms with E-state index in [2.05, 4.69) is 40.9 Å². The van der Waals surface area contributed by atoms with Gasteiger partial charge in [0.1, 0.15) is 18.6 Å². The summed E-state index contributed by atoms with van der Waals surface area (Å²) in [5.41, 5.74) is 0.788. The maximum absolute atomic E-state index is 13.8. The highest BCUT2D eigenvalue weighted by molar-refractivity contribution is 5.92. The van der Waals surface area contributed by atoms with E-state index >= 15 is 0 Å². The first-order valence-electron chi connectivity index (χ1n) is 18.2. The lowest BCUT2D eigenvalue weighted by molar-refractivity contribution is -0.117. The van der Waals surface area contributed by atoms with Crippen molar-refractivity contribution in [1.82, 2.24) is 52.7 Å². The van der Waals surface area contributed by atoms with Crippen LogP contribution in [0, 0.1) is 0 Å². The molecule has 7 aromatic rings. The molecule has 0 saturated heterocycles. The molecule has 20 nitrogen and oxygen atoms in total. The lowest BCUT2D eigenvalue weighted by Gasteiger charge is -2.24. The second kappa shape index (κ2) is 14.8. The van der Waals surface area contributed by atoms with Crippen molar-refractivity contribution in [2.45, 2.75) is 32.1 Å². The lowest BCUT2D eigenvalue weighted by atomic mass is 9.92. The van der Waals surface area contributed by atoms with Crippen LogP contribution in [0.3, 0.4) is 0 Å². The molecule has 298 valence electrons. The normalized spacial score (nSPS) is 14.8. The molecule has 1 aliphatic rings. The van der Waals surface area contributed by atoms with Crippen LogP contribution in [0.5, 0.6) is 0 Å². The van der Waals surface area contributed by atoms with Crippen LogP contribution in [-0.4, -0.2) is 65.5 Å². The molecular weight excluding hydrogens is 761 g/mol. The summed E-state index contributed by atoms with van der Waals surface area (Å²) < 4.78 is 7.28. The summed E-state index contributed by atoms with van der Waals surface area (Å²) in [7, 11) is 4.36. The number of hydrogen-bond donors (Lipinski definition) is 3. The highest BCUT2D eigenvalue weighted by atomic mass is 16.2. The molecule has 1 aliphatic heterocycles. The van der Waals surface area contributed by atoms with Gasteiger partial charge in [0.15, 0.2) is 28.2 Å². The number of amides is 2. The Morgan fingerprint density at radius 3 is 1.80 bits per heavy atom. The van der Waals surface area contributed by atoms with Gasteiger partial charge in [0.2, 0.25) is 11.8 Å². The molecule has 0 spiro atoms. The third-order valence-corrected chi connectivity index (χ3v) is 10.1. The molecule has 5 aromatic heterocycles. The van der Waals surface area contributed by atoms with E-state index in [1.54, 1.807) is 42.7 Å². The maximum Gasteiger partial charge on any atom is 0.332 e. The second-order valence-corrected chi connectivity index (χ2v) is 14.1. The van der Waals surface area contributed by atoms with Gasteiger partial charge in [-0.1, -0.05) is 12.1 Å². The number of rotatable bonds is 10. The number of nitrogens with one attached hydrogen (secondary N) is 3. The molecule has 2 amide bonds. The summed E-state index contributed by atoms with van der Waals surface area (Å²) in [5, 5.41) is 8.55. The Morgan fingerprint density at radius 1 is 0.695 bits per heavy atom. The van der Waals surface area contributed by atoms with E-state index in [0.29, 0.717) is 28.3 Å². The number of aliphatic imine (C=N–C) groups is 1. The fourth-order valence-electron chi connectivity index (χ4n) is 6.81. The average molecular weight is 797 g/mol. The Hall–Kier alpha value is -8.03. The van der Waals surface area contributed by atoms with E-state index in [4.69, 9.17) is 0 Å². The molecule has 0 radical (unpaired) electrons. The predicted molar refractivity (Wildman–Crippen MR) is 218 cm³/mol. The van der Waals surface area contributed by atoms with Crippen LogP contribution in [0.4, 0.5) is 11.4 Å². The number of carbonyl (C=O) groups is 2. The summed E-state index contributed by atoms with van der Waals surface area (Å²) in [4.78, 5) is 99.8. The summed E-state index contributed by atoms with van der Waals surface area (Å²) in [6.07, 6.45) is 11.1. The highest BCUT2D eigenvalue weighted by Crippen LogP contribution is 2.29. The van der Waals surface area contributed by atoms with Crippen molar-refractivity contribution in [1.29, 1.82) is 0 Å². The first-order chi connectivity index (χ1) is 28.3. The summed E-state index contributed by atoms with van der Waals surface area (Å²) in [5.74, 6) is -0.455. The quantitative estimate of drug-likeness (QED) is 0.175. The third-order valence-electron chi connectivity index (χ3n) is 10.1. The van der Waals surface area contributed by atoms with E-state index in [1.807, 2.05) is 31.3 Å². The number of fused-ring (bicyclic) bond motifs is 2. The average Bonchev–Trinajstić information content (AvgIpc) is 3.85. The molecule has 0 aliphatic carbocycles. The van der Waals surface area contributed by atoms with E-state index in [1.165, 1.54) is 64.5 Å². The number of aromatic nitrogens is 10. The van der Waals surface area contributed by atoms with Crippen molar-refractivity contribution in [2.24, 2.45) is 26.1 Å². The van der Waals surface area contributed by atoms with Gasteiger partial charge in [-0.05, 0) is 55.0 Å². The largest absolute Gasteiger partial charge is 0.353 e. The fourth-order valence-corrected chi connectivity index (χ4v) is 6.81. The summed E-state index contributed by atoms with van der Waals surface area (Å²) in [6, 6.07) is 14.1. The zero-order valence-electron chi connectivity index (χ0n) is 32.2. The molecule has 3 N–H and O–H groups in total. The first kappa shape index (κ1) is 37.9. The first-order valence-corrected chi connectivity index (χ1v) is 18.2. The molecule has 1 atom stereocenters. The van der Waals surface area contributed by atoms with Crippen molar-refractivity contribution in [3.63, 3.8) is 0 Å². The zero-order valence-corrected chi connectivity index (χ0v) is 32.2. The van der Waals surface area contributed by atoms with Crippen molar-refractivity contribution in [2.75, 3.05) is 10.6 Å². The number of nitrogens with zero attached hydrogens (tertiary/aromatic N) is 11. The van der Waals surface area contributed by atoms with Crippen molar-refractivity contribution < 1.29 is 9.59 Å². The smallest absolute Gasteiger partial charge is 0.332 e. The fraction of sp³-hybridized carbons (Fsp3) is 0.205. The second-order valence-electron chi connectivity index (χ2n) is 14.1. The van der Waals surface area contributed by atoms with Gasteiger partial charge in [-0.15, -0.1) is 0 Å². The number of carbonyl (C=O) groups excluding carboxylic acids is 2. The van der Waals surface area contributed by atoms with Gasteiger partial charge in [-0.2, -0.15) is 0 Å². The van der Waals surface area contributed by atoms with Crippen molar-refractivity contribution in [3.8, 4) is 11.4 Å². The molecule has 0 bridgehead atoms.